The van der Waals surface area contributed by atoms with Gasteiger partial charge in [-0.3, -0.25) is 4.40 Å². The Bertz CT molecular complexity index is 3240. The number of nitrogens with zero attached hydrogens (tertiary/aromatic N) is 2. The van der Waals surface area contributed by atoms with Crippen LogP contribution < -0.4 is 0 Å². The van der Waals surface area contributed by atoms with Gasteiger partial charge in [-0.2, -0.15) is 0 Å². The van der Waals surface area contributed by atoms with Gasteiger partial charge in [-0.25, -0.2) is 4.98 Å². The second kappa shape index (κ2) is 9.99. The fourth-order valence-corrected chi connectivity index (χ4v) is 9.45. The molecule has 11 aromatic rings. The SMILES string of the molecule is Cc1ccc2c(ccc3cc4c(cc32)sc2c(-c3nc5cccc6c7ccccc7c7ccccc7c7ccccc7n3c56)cccc24)c1. The van der Waals surface area contributed by atoms with Crippen molar-refractivity contribution in [2.24, 2.45) is 0 Å². The standard InChI is InChI=1S/C46H28N2S/c1-27-20-23-30-28(24-27)21-22-29-25-40-37-16-8-17-38(45(37)49-43(40)26-39(29)30)46-47-41-18-9-15-36-34-13-5-3-11-32(34)31-10-2-4-12-33(31)35-14-6-7-19-42(35)48(46)44(36)41/h2-26H,1H3. The summed E-state index contributed by atoms with van der Waals surface area (Å²) in [5, 5.41) is 15.0. The molecule has 0 bridgehead atoms. The Morgan fingerprint density at radius 1 is 0.469 bits per heavy atom. The molecule has 0 saturated carbocycles. The van der Waals surface area contributed by atoms with Crippen molar-refractivity contribution in [3.8, 4) is 11.4 Å². The highest BCUT2D eigenvalue weighted by molar-refractivity contribution is 7.26. The van der Waals surface area contributed by atoms with Crippen molar-refractivity contribution in [1.29, 1.82) is 0 Å². The average molecular weight is 641 g/mol. The molecular formula is C46H28N2S. The number of fused-ring (bicyclic) bond motifs is 13. The Hall–Kier alpha value is -6.03. The third-order valence-electron chi connectivity index (χ3n) is 10.4. The Morgan fingerprint density at radius 3 is 1.90 bits per heavy atom. The number of para-hydroxylation sites is 2. The van der Waals surface area contributed by atoms with Gasteiger partial charge in [-0.1, -0.05) is 127 Å². The van der Waals surface area contributed by atoms with Crippen LogP contribution >= 0.6 is 11.3 Å². The first-order chi connectivity index (χ1) is 24.2. The van der Waals surface area contributed by atoms with Crippen LogP contribution in [0.15, 0.2) is 152 Å². The second-order valence-corrected chi connectivity index (χ2v) is 14.2. The van der Waals surface area contributed by atoms with E-state index in [1.165, 1.54) is 79.6 Å². The summed E-state index contributed by atoms with van der Waals surface area (Å²) in [5.41, 5.74) is 5.71. The fraction of sp³-hybridized carbons (Fsp3) is 0.0217. The molecule has 0 saturated heterocycles. The van der Waals surface area contributed by atoms with E-state index in [0.717, 1.165) is 27.9 Å². The maximum atomic E-state index is 5.49. The van der Waals surface area contributed by atoms with E-state index in [9.17, 15) is 0 Å². The van der Waals surface area contributed by atoms with E-state index >= 15 is 0 Å². The first kappa shape index (κ1) is 27.0. The monoisotopic (exact) mass is 640 g/mol. The normalized spacial score (nSPS) is 12.2. The van der Waals surface area contributed by atoms with Gasteiger partial charge in [-0.15, -0.1) is 11.3 Å². The number of hydrogen-bond donors (Lipinski definition) is 0. The van der Waals surface area contributed by atoms with Gasteiger partial charge in [0, 0.05) is 36.5 Å². The van der Waals surface area contributed by atoms with E-state index in [-0.39, 0.29) is 0 Å². The van der Waals surface area contributed by atoms with E-state index in [0.29, 0.717) is 0 Å². The molecule has 0 radical (unpaired) electrons. The van der Waals surface area contributed by atoms with Gasteiger partial charge < -0.3 is 0 Å². The lowest BCUT2D eigenvalue weighted by Crippen LogP contribution is -1.91. The van der Waals surface area contributed by atoms with Crippen LogP contribution in [0.1, 0.15) is 5.56 Å². The van der Waals surface area contributed by atoms with Crippen LogP contribution in [0.3, 0.4) is 0 Å². The summed E-state index contributed by atoms with van der Waals surface area (Å²) in [6, 6.07) is 55.9. The van der Waals surface area contributed by atoms with Gasteiger partial charge in [0.2, 0.25) is 0 Å². The average Bonchev–Trinajstić information content (AvgIpc) is 3.72. The molecule has 228 valence electrons. The summed E-state index contributed by atoms with van der Waals surface area (Å²) in [4.78, 5) is 5.49. The van der Waals surface area contributed by atoms with Crippen molar-refractivity contribution >= 4 is 102 Å². The van der Waals surface area contributed by atoms with E-state index in [1.807, 2.05) is 11.3 Å². The van der Waals surface area contributed by atoms with Crippen LogP contribution in [-0.2, 0) is 0 Å². The predicted molar refractivity (Wildman–Crippen MR) is 212 cm³/mol. The number of hydrogen-bond acceptors (Lipinski definition) is 2. The molecule has 0 atom stereocenters. The van der Waals surface area contributed by atoms with E-state index in [1.54, 1.807) is 0 Å². The first-order valence-corrected chi connectivity index (χ1v) is 17.6. The number of aryl methyl sites for hydroxylation is 1. The minimum atomic E-state index is 0.967. The third kappa shape index (κ3) is 3.79. The highest BCUT2D eigenvalue weighted by Gasteiger charge is 2.20. The van der Waals surface area contributed by atoms with Crippen LogP contribution in [0.4, 0.5) is 0 Å². The lowest BCUT2D eigenvalue weighted by atomic mass is 9.98. The molecule has 0 aliphatic carbocycles. The summed E-state index contributed by atoms with van der Waals surface area (Å²) in [6.45, 7) is 2.16. The fourth-order valence-electron chi connectivity index (χ4n) is 8.21. The number of benzene rings is 8. The van der Waals surface area contributed by atoms with E-state index in [4.69, 9.17) is 4.98 Å². The zero-order chi connectivity index (χ0) is 32.2. The number of imidazole rings is 1. The van der Waals surface area contributed by atoms with Gasteiger partial charge >= 0.3 is 0 Å². The summed E-state index contributed by atoms with van der Waals surface area (Å²) < 4.78 is 5.00. The summed E-state index contributed by atoms with van der Waals surface area (Å²) >= 11 is 1.88. The lowest BCUT2D eigenvalue weighted by Gasteiger charge is -2.07. The quantitative estimate of drug-likeness (QED) is 0.163. The zero-order valence-electron chi connectivity index (χ0n) is 26.7. The summed E-state index contributed by atoms with van der Waals surface area (Å²) in [7, 11) is 0. The minimum absolute atomic E-state index is 0.967. The van der Waals surface area contributed by atoms with E-state index < -0.39 is 0 Å². The van der Waals surface area contributed by atoms with Crippen LogP contribution in [-0.4, -0.2) is 9.38 Å². The Labute approximate surface area is 285 Å². The highest BCUT2D eigenvalue weighted by Crippen LogP contribution is 2.44. The molecule has 11 rings (SSSR count). The van der Waals surface area contributed by atoms with Crippen molar-refractivity contribution in [3.05, 3.63) is 157 Å². The largest absolute Gasteiger partial charge is 0.291 e. The molecule has 0 amide bonds. The Morgan fingerprint density at radius 2 is 1.10 bits per heavy atom. The van der Waals surface area contributed by atoms with Crippen molar-refractivity contribution in [1.82, 2.24) is 9.38 Å². The Balaban J connectivity index is 1.33. The smallest absolute Gasteiger partial charge is 0.147 e. The molecule has 0 aliphatic rings. The Kier molecular flexibility index (Phi) is 5.50. The van der Waals surface area contributed by atoms with Gasteiger partial charge in [0.15, 0.2) is 0 Å². The molecule has 3 aromatic heterocycles. The van der Waals surface area contributed by atoms with Crippen LogP contribution in [0.5, 0.6) is 0 Å². The molecule has 2 nitrogen and oxygen atoms in total. The predicted octanol–water partition coefficient (Wildman–Crippen LogP) is 13.2. The molecule has 3 heteroatoms. The maximum absolute atomic E-state index is 5.49. The number of rotatable bonds is 1. The van der Waals surface area contributed by atoms with Crippen LogP contribution in [0.2, 0.25) is 0 Å². The summed E-state index contributed by atoms with van der Waals surface area (Å²) in [6.07, 6.45) is 0. The second-order valence-electron chi connectivity index (χ2n) is 13.2. The first-order valence-electron chi connectivity index (χ1n) is 16.8. The zero-order valence-corrected chi connectivity index (χ0v) is 27.6. The van der Waals surface area contributed by atoms with Gasteiger partial charge in [0.1, 0.15) is 5.82 Å². The molecular weight excluding hydrogens is 613 g/mol. The number of aromatic nitrogens is 2. The number of thiophene rings is 1. The van der Waals surface area contributed by atoms with Crippen molar-refractivity contribution in [2.75, 3.05) is 0 Å². The van der Waals surface area contributed by atoms with Crippen molar-refractivity contribution < 1.29 is 0 Å². The molecule has 49 heavy (non-hydrogen) atoms. The highest BCUT2D eigenvalue weighted by atomic mass is 32.1. The third-order valence-corrected chi connectivity index (χ3v) is 11.6. The van der Waals surface area contributed by atoms with Crippen LogP contribution in [0.25, 0.3) is 102 Å². The molecule has 8 aromatic carbocycles. The minimum Gasteiger partial charge on any atom is -0.291 e. The van der Waals surface area contributed by atoms with Crippen molar-refractivity contribution in [2.45, 2.75) is 6.92 Å². The van der Waals surface area contributed by atoms with Gasteiger partial charge in [-0.05, 0) is 80.3 Å². The molecule has 0 aliphatic heterocycles. The lowest BCUT2D eigenvalue weighted by molar-refractivity contribution is 1.23. The molecule has 3 heterocycles. The van der Waals surface area contributed by atoms with Crippen LogP contribution in [0, 0.1) is 6.92 Å². The molecule has 0 unspecified atom stereocenters. The van der Waals surface area contributed by atoms with Gasteiger partial charge in [0.05, 0.1) is 16.6 Å². The van der Waals surface area contributed by atoms with E-state index in [2.05, 4.69) is 163 Å². The molecule has 0 N–H and O–H groups in total. The topological polar surface area (TPSA) is 17.3 Å². The van der Waals surface area contributed by atoms with Crippen molar-refractivity contribution in [3.63, 3.8) is 0 Å². The maximum Gasteiger partial charge on any atom is 0.147 e. The molecule has 0 fully saturated rings. The summed E-state index contributed by atoms with van der Waals surface area (Å²) in [5.74, 6) is 0.967. The molecule has 0 spiro atoms. The van der Waals surface area contributed by atoms with Gasteiger partial charge in [0.25, 0.3) is 0 Å².